The first-order chi connectivity index (χ1) is 9.76. The van der Waals surface area contributed by atoms with Crippen molar-refractivity contribution in [1.29, 1.82) is 0 Å². The van der Waals surface area contributed by atoms with Crippen LogP contribution in [-0.4, -0.2) is 15.9 Å². The first-order valence-electron chi connectivity index (χ1n) is 6.07. The Bertz CT molecular complexity index is 766. The summed E-state index contributed by atoms with van der Waals surface area (Å²) in [6.45, 7) is 0. The van der Waals surface area contributed by atoms with Gasteiger partial charge in [0.25, 0.3) is 0 Å². The largest absolute Gasteiger partial charge is 0.435 e. The Kier molecular flexibility index (Phi) is 3.52. The van der Waals surface area contributed by atoms with Crippen LogP contribution in [0.5, 0.6) is 0 Å². The van der Waals surface area contributed by atoms with Gasteiger partial charge in [0.2, 0.25) is 5.89 Å². The van der Waals surface area contributed by atoms with E-state index in [4.69, 9.17) is 4.42 Å². The van der Waals surface area contributed by atoms with Gasteiger partial charge < -0.3 is 9.62 Å². The van der Waals surface area contributed by atoms with E-state index in [1.54, 1.807) is 0 Å². The van der Waals surface area contributed by atoms with Crippen LogP contribution in [-0.2, 0) is 6.42 Å². The molecule has 3 aromatic rings. The van der Waals surface area contributed by atoms with Crippen molar-refractivity contribution < 1.29 is 9.62 Å². The predicted molar refractivity (Wildman–Crippen MR) is 80.2 cm³/mol. The molecule has 0 saturated carbocycles. The lowest BCUT2D eigenvalue weighted by molar-refractivity contribution is 0.317. The fourth-order valence-electron chi connectivity index (χ4n) is 1.97. The summed E-state index contributed by atoms with van der Waals surface area (Å²) in [7, 11) is 0. The molecule has 0 radical (unpaired) electrons. The molecule has 0 spiro atoms. The minimum Gasteiger partial charge on any atom is -0.435 e. The maximum atomic E-state index is 9.20. The molecular weight excluding hydrogens is 320 g/mol. The van der Waals surface area contributed by atoms with E-state index in [9.17, 15) is 5.21 Å². The molecule has 0 fully saturated rings. The highest BCUT2D eigenvalue weighted by Gasteiger charge is 2.14. The average molecular weight is 331 g/mol. The molecule has 4 nitrogen and oxygen atoms in total. The van der Waals surface area contributed by atoms with E-state index in [2.05, 4.69) is 26.1 Å². The number of aromatic nitrogens is 1. The SMILES string of the molecule is O/N=C(\Cc1ccccc1)c1nc2cc(Br)ccc2o1. The Morgan fingerprint density at radius 2 is 2.00 bits per heavy atom. The fourth-order valence-corrected chi connectivity index (χ4v) is 2.32. The lowest BCUT2D eigenvalue weighted by Gasteiger charge is -2.00. The van der Waals surface area contributed by atoms with E-state index in [1.807, 2.05) is 48.5 Å². The number of hydrogen-bond donors (Lipinski definition) is 1. The van der Waals surface area contributed by atoms with Crippen LogP contribution in [0.2, 0.25) is 0 Å². The summed E-state index contributed by atoms with van der Waals surface area (Å²) in [5.41, 5.74) is 2.83. The van der Waals surface area contributed by atoms with Crippen LogP contribution in [0.1, 0.15) is 11.5 Å². The standard InChI is InChI=1S/C15H11BrN2O2/c16-11-6-7-14-12(9-11)17-15(20-14)13(18-19)8-10-4-2-1-3-5-10/h1-7,9,19H,8H2/b18-13+. The zero-order valence-electron chi connectivity index (χ0n) is 10.5. The first kappa shape index (κ1) is 12.9. The van der Waals surface area contributed by atoms with Crippen molar-refractivity contribution in [2.75, 3.05) is 0 Å². The average Bonchev–Trinajstić information content (AvgIpc) is 2.88. The van der Waals surface area contributed by atoms with Crippen molar-refractivity contribution in [3.63, 3.8) is 0 Å². The van der Waals surface area contributed by atoms with Gasteiger partial charge in [-0.2, -0.15) is 0 Å². The van der Waals surface area contributed by atoms with Crippen LogP contribution in [0.15, 0.2) is 62.6 Å². The van der Waals surface area contributed by atoms with Gasteiger partial charge in [0.15, 0.2) is 5.58 Å². The van der Waals surface area contributed by atoms with Gasteiger partial charge in [-0.15, -0.1) is 0 Å². The number of rotatable bonds is 3. The van der Waals surface area contributed by atoms with E-state index < -0.39 is 0 Å². The summed E-state index contributed by atoms with van der Waals surface area (Å²) >= 11 is 3.39. The predicted octanol–water partition coefficient (Wildman–Crippen LogP) is 4.01. The maximum Gasteiger partial charge on any atom is 0.245 e. The maximum absolute atomic E-state index is 9.20. The molecule has 3 rings (SSSR count). The summed E-state index contributed by atoms with van der Waals surface area (Å²) in [5, 5.41) is 12.5. The molecule has 1 N–H and O–H groups in total. The third-order valence-corrected chi connectivity index (χ3v) is 3.42. The minimum absolute atomic E-state index is 0.337. The monoisotopic (exact) mass is 330 g/mol. The van der Waals surface area contributed by atoms with Gasteiger partial charge in [0.1, 0.15) is 11.2 Å². The number of oxazole rings is 1. The van der Waals surface area contributed by atoms with Crippen LogP contribution >= 0.6 is 15.9 Å². The van der Waals surface area contributed by atoms with E-state index in [0.29, 0.717) is 23.6 Å². The van der Waals surface area contributed by atoms with Gasteiger partial charge in [-0.1, -0.05) is 51.4 Å². The van der Waals surface area contributed by atoms with Crippen molar-refractivity contribution in [2.45, 2.75) is 6.42 Å². The third kappa shape index (κ3) is 2.58. The minimum atomic E-state index is 0.337. The Morgan fingerprint density at radius 1 is 1.20 bits per heavy atom. The van der Waals surface area contributed by atoms with Crippen molar-refractivity contribution >= 4 is 32.7 Å². The van der Waals surface area contributed by atoms with Crippen LogP contribution in [0.25, 0.3) is 11.1 Å². The van der Waals surface area contributed by atoms with Crippen molar-refractivity contribution in [3.05, 3.63) is 64.5 Å². The molecular formula is C15H11BrN2O2. The summed E-state index contributed by atoms with van der Waals surface area (Å²) in [6, 6.07) is 15.3. The number of halogens is 1. The molecule has 0 amide bonds. The third-order valence-electron chi connectivity index (χ3n) is 2.93. The van der Waals surface area contributed by atoms with Gasteiger partial charge in [0.05, 0.1) is 0 Å². The van der Waals surface area contributed by atoms with Gasteiger partial charge in [0, 0.05) is 10.9 Å². The van der Waals surface area contributed by atoms with Gasteiger partial charge >= 0.3 is 0 Å². The number of hydrogen-bond acceptors (Lipinski definition) is 4. The summed E-state index contributed by atoms with van der Waals surface area (Å²) in [5.74, 6) is 0.337. The van der Waals surface area contributed by atoms with E-state index >= 15 is 0 Å². The Balaban J connectivity index is 1.95. The van der Waals surface area contributed by atoms with Gasteiger partial charge in [-0.3, -0.25) is 0 Å². The topological polar surface area (TPSA) is 58.6 Å². The number of fused-ring (bicyclic) bond motifs is 1. The molecule has 5 heteroatoms. The lowest BCUT2D eigenvalue weighted by Crippen LogP contribution is -2.05. The zero-order chi connectivity index (χ0) is 13.9. The molecule has 100 valence electrons. The van der Waals surface area contributed by atoms with Crippen LogP contribution in [0, 0.1) is 0 Å². The normalized spacial score (nSPS) is 11.9. The second kappa shape index (κ2) is 5.46. The first-order valence-corrected chi connectivity index (χ1v) is 6.87. The molecule has 20 heavy (non-hydrogen) atoms. The second-order valence-electron chi connectivity index (χ2n) is 4.34. The highest BCUT2D eigenvalue weighted by atomic mass is 79.9. The summed E-state index contributed by atoms with van der Waals surface area (Å²) < 4.78 is 6.55. The molecule has 0 unspecified atom stereocenters. The summed E-state index contributed by atoms with van der Waals surface area (Å²) in [4.78, 5) is 4.35. The number of oxime groups is 1. The number of nitrogens with zero attached hydrogens (tertiary/aromatic N) is 2. The summed E-state index contributed by atoms with van der Waals surface area (Å²) in [6.07, 6.45) is 0.464. The molecule has 0 atom stereocenters. The highest BCUT2D eigenvalue weighted by Crippen LogP contribution is 2.21. The van der Waals surface area contributed by atoms with E-state index in [-0.39, 0.29) is 0 Å². The quantitative estimate of drug-likeness (QED) is 0.448. The molecule has 0 aliphatic carbocycles. The smallest absolute Gasteiger partial charge is 0.245 e. The molecule has 1 aromatic heterocycles. The van der Waals surface area contributed by atoms with E-state index in [0.717, 1.165) is 15.6 Å². The zero-order valence-corrected chi connectivity index (χ0v) is 12.0. The Labute approximate surface area is 123 Å². The lowest BCUT2D eigenvalue weighted by atomic mass is 10.1. The van der Waals surface area contributed by atoms with Crippen LogP contribution in [0.4, 0.5) is 0 Å². The molecule has 2 aromatic carbocycles. The number of benzene rings is 2. The van der Waals surface area contributed by atoms with E-state index in [1.165, 1.54) is 0 Å². The molecule has 0 aliphatic rings. The Morgan fingerprint density at radius 3 is 2.75 bits per heavy atom. The van der Waals surface area contributed by atoms with Crippen molar-refractivity contribution in [2.24, 2.45) is 5.16 Å². The highest BCUT2D eigenvalue weighted by molar-refractivity contribution is 9.10. The fraction of sp³-hybridized carbons (Fsp3) is 0.0667. The second-order valence-corrected chi connectivity index (χ2v) is 5.26. The molecule has 0 aliphatic heterocycles. The van der Waals surface area contributed by atoms with Crippen molar-refractivity contribution in [3.8, 4) is 0 Å². The molecule has 0 bridgehead atoms. The Hall–Kier alpha value is -2.14. The van der Waals surface area contributed by atoms with Crippen LogP contribution < -0.4 is 0 Å². The van der Waals surface area contributed by atoms with Crippen LogP contribution in [0.3, 0.4) is 0 Å². The molecule has 1 heterocycles. The molecule has 0 saturated heterocycles. The van der Waals surface area contributed by atoms with Gasteiger partial charge in [-0.25, -0.2) is 4.98 Å². The van der Waals surface area contributed by atoms with Crippen molar-refractivity contribution in [1.82, 2.24) is 4.98 Å². The van der Waals surface area contributed by atoms with Gasteiger partial charge in [-0.05, 0) is 23.8 Å².